The molecule has 0 fully saturated rings. The molecule has 19 heavy (non-hydrogen) atoms. The van der Waals surface area contributed by atoms with Crippen LogP contribution >= 0.6 is 0 Å². The van der Waals surface area contributed by atoms with Gasteiger partial charge in [0.15, 0.2) is 0 Å². The monoisotopic (exact) mass is 256 g/mol. The van der Waals surface area contributed by atoms with E-state index in [1.54, 1.807) is 7.05 Å². The first kappa shape index (κ1) is 13.6. The molecule has 0 bridgehead atoms. The van der Waals surface area contributed by atoms with E-state index in [1.165, 1.54) is 10.9 Å². The van der Waals surface area contributed by atoms with Crippen molar-refractivity contribution in [1.82, 2.24) is 5.32 Å². The molecule has 2 N–H and O–H groups in total. The van der Waals surface area contributed by atoms with Gasteiger partial charge in [0.1, 0.15) is 0 Å². The van der Waals surface area contributed by atoms with Gasteiger partial charge < -0.3 is 10.6 Å². The molecule has 0 aliphatic rings. The van der Waals surface area contributed by atoms with Gasteiger partial charge in [-0.15, -0.1) is 0 Å². The van der Waals surface area contributed by atoms with Crippen molar-refractivity contribution in [2.45, 2.75) is 26.3 Å². The zero-order chi connectivity index (χ0) is 14.0. The average molecular weight is 256 g/mol. The van der Waals surface area contributed by atoms with Gasteiger partial charge in [-0.3, -0.25) is 4.79 Å². The summed E-state index contributed by atoms with van der Waals surface area (Å²) < 4.78 is 0. The number of carbonyl (C=O) groups is 1. The maximum atomic E-state index is 12.1. The Bertz CT molecular complexity index is 617. The number of amides is 1. The Balaban J connectivity index is 2.27. The van der Waals surface area contributed by atoms with Crippen LogP contribution in [0.4, 0.5) is 5.69 Å². The van der Waals surface area contributed by atoms with Gasteiger partial charge >= 0.3 is 0 Å². The molecule has 2 rings (SSSR count). The third-order valence-electron chi connectivity index (χ3n) is 3.45. The van der Waals surface area contributed by atoms with E-state index < -0.39 is 5.54 Å². The predicted octanol–water partition coefficient (Wildman–Crippen LogP) is 3.08. The van der Waals surface area contributed by atoms with Crippen LogP contribution in [0.3, 0.4) is 0 Å². The van der Waals surface area contributed by atoms with E-state index in [0.717, 1.165) is 11.1 Å². The zero-order valence-corrected chi connectivity index (χ0v) is 11.9. The van der Waals surface area contributed by atoms with Crippen molar-refractivity contribution < 1.29 is 4.79 Å². The molecule has 1 amide bonds. The molecular formula is C16H20N2O. The van der Waals surface area contributed by atoms with Gasteiger partial charge in [-0.25, -0.2) is 0 Å². The second-order valence-corrected chi connectivity index (χ2v) is 5.39. The Hall–Kier alpha value is -1.87. The number of carbonyl (C=O) groups excluding carboxylic acids is 1. The molecule has 0 radical (unpaired) electrons. The van der Waals surface area contributed by atoms with Gasteiger partial charge in [-0.1, -0.05) is 29.8 Å². The van der Waals surface area contributed by atoms with Gasteiger partial charge in [0, 0.05) is 5.69 Å². The molecular weight excluding hydrogens is 236 g/mol. The van der Waals surface area contributed by atoms with E-state index in [4.69, 9.17) is 0 Å². The molecule has 3 heteroatoms. The molecule has 0 saturated heterocycles. The maximum Gasteiger partial charge on any atom is 0.244 e. The van der Waals surface area contributed by atoms with Crippen molar-refractivity contribution in [3.8, 4) is 0 Å². The highest BCUT2D eigenvalue weighted by Gasteiger charge is 2.24. The summed E-state index contributed by atoms with van der Waals surface area (Å²) >= 11 is 0. The van der Waals surface area contributed by atoms with Crippen molar-refractivity contribution in [1.29, 1.82) is 0 Å². The summed E-state index contributed by atoms with van der Waals surface area (Å²) in [5.41, 5.74) is 1.48. The first-order valence-electron chi connectivity index (χ1n) is 6.43. The van der Waals surface area contributed by atoms with Crippen LogP contribution in [0.25, 0.3) is 10.8 Å². The summed E-state index contributed by atoms with van der Waals surface area (Å²) in [7, 11) is 1.78. The zero-order valence-electron chi connectivity index (χ0n) is 11.9. The molecule has 100 valence electrons. The maximum absolute atomic E-state index is 12.1. The summed E-state index contributed by atoms with van der Waals surface area (Å²) in [5, 5.41) is 8.25. The number of hydrogen-bond donors (Lipinski definition) is 2. The largest absolute Gasteiger partial charge is 0.324 e. The van der Waals surface area contributed by atoms with Gasteiger partial charge in [0.05, 0.1) is 5.54 Å². The van der Waals surface area contributed by atoms with Crippen molar-refractivity contribution in [2.75, 3.05) is 12.4 Å². The highest BCUT2D eigenvalue weighted by molar-refractivity contribution is 5.99. The molecule has 2 aromatic rings. The molecule has 3 nitrogen and oxygen atoms in total. The molecule has 0 spiro atoms. The van der Waals surface area contributed by atoms with Crippen molar-refractivity contribution in [3.63, 3.8) is 0 Å². The van der Waals surface area contributed by atoms with Gasteiger partial charge in [-0.05, 0) is 50.7 Å². The molecule has 0 aromatic heterocycles. The summed E-state index contributed by atoms with van der Waals surface area (Å²) in [5.74, 6) is -0.0403. The van der Waals surface area contributed by atoms with Crippen LogP contribution in [-0.4, -0.2) is 18.5 Å². The van der Waals surface area contributed by atoms with E-state index in [9.17, 15) is 4.79 Å². The summed E-state index contributed by atoms with van der Waals surface area (Å²) in [6.07, 6.45) is 0. The van der Waals surface area contributed by atoms with Crippen LogP contribution < -0.4 is 10.6 Å². The first-order chi connectivity index (χ1) is 8.92. The fourth-order valence-electron chi connectivity index (χ4n) is 1.84. The lowest BCUT2D eigenvalue weighted by molar-refractivity contribution is -0.121. The average Bonchev–Trinajstić information content (AvgIpc) is 2.38. The number of aryl methyl sites for hydroxylation is 1. The third kappa shape index (κ3) is 2.93. The minimum absolute atomic E-state index is 0.0403. The van der Waals surface area contributed by atoms with E-state index in [0.29, 0.717) is 0 Å². The standard InChI is InChI=1S/C16H20N2O/c1-11-5-6-13-10-14(8-7-12(13)9-11)18-15(19)16(2,3)17-4/h5-10,17H,1-4H3,(H,18,19). The lowest BCUT2D eigenvalue weighted by Gasteiger charge is -2.22. The third-order valence-corrected chi connectivity index (χ3v) is 3.45. The Labute approximate surface area is 114 Å². The Morgan fingerprint density at radius 2 is 1.68 bits per heavy atom. The van der Waals surface area contributed by atoms with Gasteiger partial charge in [-0.2, -0.15) is 0 Å². The Kier molecular flexibility index (Phi) is 3.58. The van der Waals surface area contributed by atoms with E-state index in [-0.39, 0.29) is 5.91 Å². The molecule has 0 atom stereocenters. The van der Waals surface area contributed by atoms with Gasteiger partial charge in [0.2, 0.25) is 5.91 Å². The van der Waals surface area contributed by atoms with Crippen LogP contribution in [0.5, 0.6) is 0 Å². The SMILES string of the molecule is CNC(C)(C)C(=O)Nc1ccc2cc(C)ccc2c1. The van der Waals surface area contributed by atoms with Crippen LogP contribution in [-0.2, 0) is 4.79 Å². The molecule has 0 saturated carbocycles. The number of likely N-dealkylation sites (N-methyl/N-ethyl adjacent to an activating group) is 1. The number of hydrogen-bond acceptors (Lipinski definition) is 2. The van der Waals surface area contributed by atoms with Crippen molar-refractivity contribution >= 4 is 22.4 Å². The van der Waals surface area contributed by atoms with Gasteiger partial charge in [0.25, 0.3) is 0 Å². The normalized spacial score (nSPS) is 11.6. The second kappa shape index (κ2) is 5.02. The lowest BCUT2D eigenvalue weighted by atomic mass is 10.0. The van der Waals surface area contributed by atoms with Crippen LogP contribution in [0, 0.1) is 6.92 Å². The topological polar surface area (TPSA) is 41.1 Å². The molecule has 0 heterocycles. The number of fused-ring (bicyclic) bond motifs is 1. The number of benzene rings is 2. The van der Waals surface area contributed by atoms with E-state index in [1.807, 2.05) is 32.0 Å². The fourth-order valence-corrected chi connectivity index (χ4v) is 1.84. The molecule has 0 aliphatic carbocycles. The minimum atomic E-state index is -0.581. The number of nitrogens with one attached hydrogen (secondary N) is 2. The molecule has 0 aliphatic heterocycles. The highest BCUT2D eigenvalue weighted by Crippen LogP contribution is 2.21. The Morgan fingerprint density at radius 3 is 2.37 bits per heavy atom. The quantitative estimate of drug-likeness (QED) is 0.886. The van der Waals surface area contributed by atoms with E-state index in [2.05, 4.69) is 35.8 Å². The van der Waals surface area contributed by atoms with Crippen LogP contribution in [0.1, 0.15) is 19.4 Å². The lowest BCUT2D eigenvalue weighted by Crippen LogP contribution is -2.47. The first-order valence-corrected chi connectivity index (χ1v) is 6.43. The summed E-state index contributed by atoms with van der Waals surface area (Å²) in [6.45, 7) is 5.78. The van der Waals surface area contributed by atoms with Crippen molar-refractivity contribution in [3.05, 3.63) is 42.0 Å². The molecule has 0 unspecified atom stereocenters. The summed E-state index contributed by atoms with van der Waals surface area (Å²) in [6, 6.07) is 12.3. The van der Waals surface area contributed by atoms with E-state index >= 15 is 0 Å². The second-order valence-electron chi connectivity index (χ2n) is 5.39. The van der Waals surface area contributed by atoms with Crippen molar-refractivity contribution in [2.24, 2.45) is 0 Å². The Morgan fingerprint density at radius 1 is 1.05 bits per heavy atom. The van der Waals surface area contributed by atoms with Crippen LogP contribution in [0.2, 0.25) is 0 Å². The van der Waals surface area contributed by atoms with Crippen LogP contribution in [0.15, 0.2) is 36.4 Å². The predicted molar refractivity (Wildman–Crippen MR) is 80.5 cm³/mol. The number of anilines is 1. The minimum Gasteiger partial charge on any atom is -0.324 e. The molecule has 2 aromatic carbocycles. The smallest absolute Gasteiger partial charge is 0.244 e. The number of rotatable bonds is 3. The fraction of sp³-hybridized carbons (Fsp3) is 0.312. The summed E-state index contributed by atoms with van der Waals surface area (Å²) in [4.78, 5) is 12.1. The highest BCUT2D eigenvalue weighted by atomic mass is 16.2.